The van der Waals surface area contributed by atoms with Crippen molar-refractivity contribution in [3.8, 4) is 0 Å². The maximum Gasteiger partial charge on any atom is 0.222 e. The van der Waals surface area contributed by atoms with Gasteiger partial charge in [-0.2, -0.15) is 0 Å². The number of nitrogens with one attached hydrogen (secondary N) is 1. The van der Waals surface area contributed by atoms with E-state index in [0.717, 1.165) is 34.6 Å². The molecule has 0 atom stereocenters. The van der Waals surface area contributed by atoms with Crippen molar-refractivity contribution in [1.82, 2.24) is 19.4 Å². The molecule has 0 aliphatic carbocycles. The highest BCUT2D eigenvalue weighted by atomic mass is 15.1. The number of hydrogen-bond acceptors (Lipinski definition) is 4. The summed E-state index contributed by atoms with van der Waals surface area (Å²) in [7, 11) is 0. The van der Waals surface area contributed by atoms with Crippen LogP contribution in [0, 0.1) is 6.92 Å². The number of anilines is 1. The van der Waals surface area contributed by atoms with Crippen LogP contribution in [0.4, 0.5) is 5.95 Å². The highest BCUT2D eigenvalue weighted by Gasteiger charge is 2.09. The molecule has 3 aromatic rings. The zero-order chi connectivity index (χ0) is 14.8. The van der Waals surface area contributed by atoms with Crippen LogP contribution in [0.1, 0.15) is 23.7 Å². The van der Waals surface area contributed by atoms with Gasteiger partial charge >= 0.3 is 0 Å². The molecule has 0 bridgehead atoms. The Morgan fingerprint density at radius 1 is 1.33 bits per heavy atom. The van der Waals surface area contributed by atoms with Gasteiger partial charge in [-0.3, -0.25) is 0 Å². The van der Waals surface area contributed by atoms with E-state index in [1.165, 1.54) is 0 Å². The Morgan fingerprint density at radius 3 is 2.95 bits per heavy atom. The van der Waals surface area contributed by atoms with Crippen LogP contribution in [0.3, 0.4) is 0 Å². The monoisotopic (exact) mass is 279 g/mol. The lowest BCUT2D eigenvalue weighted by Crippen LogP contribution is -2.05. The van der Waals surface area contributed by atoms with Crippen LogP contribution in [0.25, 0.3) is 11.2 Å². The normalized spacial score (nSPS) is 10.8. The van der Waals surface area contributed by atoms with Crippen molar-refractivity contribution < 1.29 is 0 Å². The molecule has 21 heavy (non-hydrogen) atoms. The zero-order valence-corrected chi connectivity index (χ0v) is 12.2. The number of hydrogen-bond donors (Lipinski definition) is 1. The van der Waals surface area contributed by atoms with Gasteiger partial charge in [-0.1, -0.05) is 6.58 Å². The SMILES string of the molecule is C=C(c1ccc2nccn2c1)c1cnc(NCC)nc1C. The van der Waals surface area contributed by atoms with E-state index in [4.69, 9.17) is 0 Å². The Morgan fingerprint density at radius 2 is 2.19 bits per heavy atom. The first-order valence-corrected chi connectivity index (χ1v) is 6.89. The first-order chi connectivity index (χ1) is 10.2. The predicted octanol–water partition coefficient (Wildman–Crippen LogP) is 2.93. The molecule has 0 radical (unpaired) electrons. The van der Waals surface area contributed by atoms with Crippen molar-refractivity contribution >= 4 is 17.2 Å². The van der Waals surface area contributed by atoms with Crippen molar-refractivity contribution in [3.63, 3.8) is 0 Å². The lowest BCUT2D eigenvalue weighted by molar-refractivity contribution is 1.04. The summed E-state index contributed by atoms with van der Waals surface area (Å²) in [6, 6.07) is 3.99. The standard InChI is InChI=1S/C16H17N5/c1-4-17-16-19-9-14(12(3)20-16)11(2)13-5-6-15-18-7-8-21(15)10-13/h5-10H,2,4H2,1,3H3,(H,17,19,20). The molecule has 0 saturated heterocycles. The van der Waals surface area contributed by atoms with E-state index in [-0.39, 0.29) is 0 Å². The van der Waals surface area contributed by atoms with Gasteiger partial charge in [0.2, 0.25) is 5.95 Å². The van der Waals surface area contributed by atoms with Crippen LogP contribution in [-0.4, -0.2) is 25.9 Å². The first-order valence-electron chi connectivity index (χ1n) is 6.89. The minimum absolute atomic E-state index is 0.650. The number of aryl methyl sites for hydroxylation is 1. The van der Waals surface area contributed by atoms with Crippen LogP contribution in [-0.2, 0) is 0 Å². The van der Waals surface area contributed by atoms with Gasteiger partial charge in [-0.05, 0) is 37.1 Å². The van der Waals surface area contributed by atoms with Crippen molar-refractivity contribution in [3.05, 3.63) is 60.3 Å². The maximum absolute atomic E-state index is 4.46. The molecule has 0 aromatic carbocycles. The molecular formula is C16H17N5. The lowest BCUT2D eigenvalue weighted by atomic mass is 10.0. The van der Waals surface area contributed by atoms with Gasteiger partial charge < -0.3 is 9.72 Å². The zero-order valence-electron chi connectivity index (χ0n) is 12.2. The number of nitrogens with zero attached hydrogens (tertiary/aromatic N) is 4. The van der Waals surface area contributed by atoms with E-state index in [2.05, 4.69) is 26.8 Å². The third-order valence-corrected chi connectivity index (χ3v) is 3.38. The molecule has 5 nitrogen and oxygen atoms in total. The largest absolute Gasteiger partial charge is 0.354 e. The third kappa shape index (κ3) is 2.50. The second-order valence-corrected chi connectivity index (χ2v) is 4.81. The molecule has 0 fully saturated rings. The van der Waals surface area contributed by atoms with E-state index >= 15 is 0 Å². The Hall–Kier alpha value is -2.69. The summed E-state index contributed by atoms with van der Waals surface area (Å²) in [6.07, 6.45) is 7.54. The fourth-order valence-corrected chi connectivity index (χ4v) is 2.26. The minimum atomic E-state index is 0.650. The fourth-order valence-electron chi connectivity index (χ4n) is 2.26. The van der Waals surface area contributed by atoms with Gasteiger partial charge in [0.25, 0.3) is 0 Å². The molecule has 0 spiro atoms. The van der Waals surface area contributed by atoms with Gasteiger partial charge in [0.15, 0.2) is 0 Å². The summed E-state index contributed by atoms with van der Waals surface area (Å²) in [5.74, 6) is 0.650. The Bertz CT molecular complexity index is 803. The van der Waals surface area contributed by atoms with Crippen LogP contribution < -0.4 is 5.32 Å². The topological polar surface area (TPSA) is 55.1 Å². The van der Waals surface area contributed by atoms with Gasteiger partial charge in [0, 0.05) is 36.9 Å². The molecule has 5 heteroatoms. The van der Waals surface area contributed by atoms with Crippen molar-refractivity contribution in [1.29, 1.82) is 0 Å². The van der Waals surface area contributed by atoms with Crippen LogP contribution >= 0.6 is 0 Å². The maximum atomic E-state index is 4.46. The highest BCUT2D eigenvalue weighted by Crippen LogP contribution is 2.23. The molecular weight excluding hydrogens is 262 g/mol. The quantitative estimate of drug-likeness (QED) is 0.798. The van der Waals surface area contributed by atoms with E-state index in [1.54, 1.807) is 6.20 Å². The van der Waals surface area contributed by atoms with Gasteiger partial charge in [0.1, 0.15) is 5.65 Å². The molecule has 0 unspecified atom stereocenters. The lowest BCUT2D eigenvalue weighted by Gasteiger charge is -2.10. The fraction of sp³-hybridized carbons (Fsp3) is 0.188. The molecule has 106 valence electrons. The van der Waals surface area contributed by atoms with Gasteiger partial charge in [0.05, 0.1) is 5.69 Å². The molecule has 0 saturated carbocycles. The predicted molar refractivity (Wildman–Crippen MR) is 84.3 cm³/mol. The smallest absolute Gasteiger partial charge is 0.222 e. The van der Waals surface area contributed by atoms with E-state index < -0.39 is 0 Å². The molecule has 0 aliphatic heterocycles. The molecule has 1 N–H and O–H groups in total. The van der Waals surface area contributed by atoms with Crippen molar-refractivity contribution in [2.45, 2.75) is 13.8 Å². The summed E-state index contributed by atoms with van der Waals surface area (Å²) < 4.78 is 1.98. The van der Waals surface area contributed by atoms with Crippen molar-refractivity contribution in [2.24, 2.45) is 0 Å². The van der Waals surface area contributed by atoms with Gasteiger partial charge in [-0.25, -0.2) is 15.0 Å². The number of pyridine rings is 1. The number of imidazole rings is 1. The summed E-state index contributed by atoms with van der Waals surface area (Å²) in [4.78, 5) is 13.0. The molecule has 3 heterocycles. The first kappa shape index (κ1) is 13.3. The second-order valence-electron chi connectivity index (χ2n) is 4.81. The number of fused-ring (bicyclic) bond motifs is 1. The van der Waals surface area contributed by atoms with Crippen LogP contribution in [0.2, 0.25) is 0 Å². The van der Waals surface area contributed by atoms with E-state index in [0.29, 0.717) is 5.95 Å². The molecule has 3 rings (SSSR count). The summed E-state index contributed by atoms with van der Waals surface area (Å²) in [6.45, 7) is 8.98. The summed E-state index contributed by atoms with van der Waals surface area (Å²) >= 11 is 0. The van der Waals surface area contributed by atoms with Crippen LogP contribution in [0.15, 0.2) is 43.5 Å². The minimum Gasteiger partial charge on any atom is -0.354 e. The van der Waals surface area contributed by atoms with Crippen molar-refractivity contribution in [2.75, 3.05) is 11.9 Å². The Labute approximate surface area is 123 Å². The van der Waals surface area contributed by atoms with Gasteiger partial charge in [-0.15, -0.1) is 0 Å². The second kappa shape index (κ2) is 5.36. The average molecular weight is 279 g/mol. The third-order valence-electron chi connectivity index (χ3n) is 3.38. The number of aromatic nitrogens is 4. The number of rotatable bonds is 4. The molecule has 3 aromatic heterocycles. The molecule has 0 aliphatic rings. The Balaban J connectivity index is 1.97. The average Bonchev–Trinajstić information content (AvgIpc) is 2.94. The molecule has 0 amide bonds. The Kier molecular flexibility index (Phi) is 3.39. The summed E-state index contributed by atoms with van der Waals surface area (Å²) in [5.41, 5.74) is 4.73. The summed E-state index contributed by atoms with van der Waals surface area (Å²) in [5, 5.41) is 3.11. The highest BCUT2D eigenvalue weighted by molar-refractivity contribution is 5.79. The van der Waals surface area contributed by atoms with E-state index in [9.17, 15) is 0 Å². The van der Waals surface area contributed by atoms with Crippen LogP contribution in [0.5, 0.6) is 0 Å². The van der Waals surface area contributed by atoms with E-state index in [1.807, 2.05) is 49.0 Å².